The van der Waals surface area contributed by atoms with Crippen molar-refractivity contribution in [3.8, 4) is 0 Å². The SMILES string of the molecule is CO/N=C(\C(=O)N[C@H]1C(=O)N(S(=O)(=O)[O-])[C@H]1c1ccc(Cl)cc1)c1csc(NC(=O)CCl)n1.[Na+]. The fourth-order valence-electron chi connectivity index (χ4n) is 2.94. The molecule has 2 aromatic rings. The average Bonchev–Trinajstić information content (AvgIpc) is 3.21. The van der Waals surface area contributed by atoms with Crippen molar-refractivity contribution in [2.75, 3.05) is 18.3 Å². The van der Waals surface area contributed by atoms with Crippen LogP contribution in [0.25, 0.3) is 0 Å². The van der Waals surface area contributed by atoms with E-state index in [2.05, 4.69) is 25.6 Å². The van der Waals surface area contributed by atoms with Crippen molar-refractivity contribution in [3.05, 3.63) is 45.9 Å². The number of carbonyl (C=O) groups excluding carboxylic acids is 3. The fourth-order valence-corrected chi connectivity index (χ4v) is 4.70. The molecule has 1 aliphatic rings. The van der Waals surface area contributed by atoms with Gasteiger partial charge in [-0.2, -0.15) is 0 Å². The van der Waals surface area contributed by atoms with Gasteiger partial charge in [0.2, 0.25) is 5.91 Å². The molecular formula is C17H14Cl2N5NaO7S2. The molecule has 1 aromatic heterocycles. The van der Waals surface area contributed by atoms with Crippen LogP contribution in [0, 0.1) is 0 Å². The van der Waals surface area contributed by atoms with E-state index >= 15 is 0 Å². The van der Waals surface area contributed by atoms with Crippen LogP contribution in [0.1, 0.15) is 17.3 Å². The summed E-state index contributed by atoms with van der Waals surface area (Å²) in [6.07, 6.45) is 0. The van der Waals surface area contributed by atoms with E-state index in [4.69, 9.17) is 23.2 Å². The van der Waals surface area contributed by atoms with Gasteiger partial charge in [-0.3, -0.25) is 14.4 Å². The monoisotopic (exact) mass is 557 g/mol. The molecule has 3 rings (SSSR count). The predicted octanol–water partition coefficient (Wildman–Crippen LogP) is -2.14. The van der Waals surface area contributed by atoms with E-state index in [1.807, 2.05) is 0 Å². The second-order valence-corrected chi connectivity index (χ2v) is 9.19. The number of rotatable bonds is 8. The zero-order valence-corrected chi connectivity index (χ0v) is 22.7. The molecule has 1 saturated heterocycles. The maximum absolute atomic E-state index is 12.9. The standard InChI is InChI=1S/C17H15Cl2N5O7S2.Na/c1-31-23-12(10-7-32-17(20-10)21-11(25)6-18)15(26)22-13-14(8-2-4-9(19)5-3-8)24(16(13)27)33(28,29)30;/h2-5,7,13-14H,6H2,1H3,(H,22,26)(H,20,21,25)(H,28,29,30);/q;+1/p-1/b23-12-;/t13-,14+;/m1./s1. The first-order valence-electron chi connectivity index (χ1n) is 8.85. The van der Waals surface area contributed by atoms with Gasteiger partial charge in [0, 0.05) is 10.4 Å². The molecule has 2 heterocycles. The summed E-state index contributed by atoms with van der Waals surface area (Å²) in [5.41, 5.74) is -0.0905. The predicted molar refractivity (Wildman–Crippen MR) is 118 cm³/mol. The molecule has 176 valence electrons. The molecule has 0 radical (unpaired) electrons. The number of nitrogens with zero attached hydrogens (tertiary/aromatic N) is 3. The summed E-state index contributed by atoms with van der Waals surface area (Å²) in [4.78, 5) is 45.4. The smallest absolute Gasteiger partial charge is 0.731 e. The Hall–Kier alpha value is -1.78. The first-order chi connectivity index (χ1) is 15.6. The van der Waals surface area contributed by atoms with Gasteiger partial charge in [-0.05, 0) is 17.7 Å². The van der Waals surface area contributed by atoms with Crippen LogP contribution < -0.4 is 40.2 Å². The van der Waals surface area contributed by atoms with Gasteiger partial charge >= 0.3 is 29.6 Å². The Morgan fingerprint density at radius 3 is 2.53 bits per heavy atom. The minimum absolute atomic E-state index is 0. The topological polar surface area (TPSA) is 170 Å². The van der Waals surface area contributed by atoms with E-state index < -0.39 is 40.1 Å². The van der Waals surface area contributed by atoms with Crippen LogP contribution in [0.5, 0.6) is 0 Å². The Kier molecular flexibility index (Phi) is 9.85. The summed E-state index contributed by atoms with van der Waals surface area (Å²) < 4.78 is 34.9. The van der Waals surface area contributed by atoms with Crippen LogP contribution >= 0.6 is 34.5 Å². The van der Waals surface area contributed by atoms with Crippen molar-refractivity contribution in [2.45, 2.75) is 12.1 Å². The Morgan fingerprint density at radius 2 is 1.97 bits per heavy atom. The average molecular weight is 558 g/mol. The van der Waals surface area contributed by atoms with Crippen molar-refractivity contribution in [2.24, 2.45) is 5.16 Å². The summed E-state index contributed by atoms with van der Waals surface area (Å²) in [5.74, 6) is -2.87. The van der Waals surface area contributed by atoms with Crippen LogP contribution in [0.2, 0.25) is 5.02 Å². The number of oxime groups is 1. The van der Waals surface area contributed by atoms with Gasteiger partial charge < -0.3 is 20.0 Å². The molecule has 1 aliphatic heterocycles. The maximum atomic E-state index is 12.9. The molecule has 2 atom stereocenters. The number of alkyl halides is 1. The largest absolute Gasteiger partial charge is 1.00 e. The zero-order valence-electron chi connectivity index (χ0n) is 17.5. The number of hydrogen-bond donors (Lipinski definition) is 2. The Morgan fingerprint density at radius 1 is 1.32 bits per heavy atom. The molecule has 3 amide bonds. The molecule has 0 bridgehead atoms. The second-order valence-electron chi connectivity index (χ2n) is 6.38. The minimum Gasteiger partial charge on any atom is -0.731 e. The molecular weight excluding hydrogens is 544 g/mol. The maximum Gasteiger partial charge on any atom is 1.00 e. The van der Waals surface area contributed by atoms with E-state index in [0.717, 1.165) is 11.3 Å². The normalized spacial score (nSPS) is 17.9. The number of thiazole rings is 1. The Balaban J connectivity index is 0.00000408. The van der Waals surface area contributed by atoms with E-state index in [1.54, 1.807) is 0 Å². The number of hydrogen-bond acceptors (Lipinski definition) is 10. The number of benzene rings is 1. The van der Waals surface area contributed by atoms with Gasteiger partial charge in [-0.25, -0.2) is 17.7 Å². The summed E-state index contributed by atoms with van der Waals surface area (Å²) >= 11 is 12.3. The number of aromatic nitrogens is 1. The van der Waals surface area contributed by atoms with Crippen molar-refractivity contribution in [1.29, 1.82) is 0 Å². The fraction of sp³-hybridized carbons (Fsp3) is 0.235. The Labute approximate surface area is 229 Å². The van der Waals surface area contributed by atoms with Gasteiger partial charge in [0.25, 0.3) is 11.8 Å². The molecule has 12 nitrogen and oxygen atoms in total. The van der Waals surface area contributed by atoms with Gasteiger partial charge in [-0.1, -0.05) is 28.9 Å². The van der Waals surface area contributed by atoms with E-state index in [1.165, 1.54) is 36.8 Å². The molecule has 0 unspecified atom stereocenters. The summed E-state index contributed by atoms with van der Waals surface area (Å²) in [6, 6.07) is 3.05. The van der Waals surface area contributed by atoms with Crippen LogP contribution in [0.4, 0.5) is 5.13 Å². The molecule has 34 heavy (non-hydrogen) atoms. The molecule has 1 fully saturated rings. The number of nitrogens with one attached hydrogen (secondary N) is 2. The summed E-state index contributed by atoms with van der Waals surface area (Å²) in [7, 11) is -3.98. The number of β-lactam (4-membered cyclic amide) rings is 1. The van der Waals surface area contributed by atoms with Crippen molar-refractivity contribution in [1.82, 2.24) is 14.6 Å². The number of carbonyl (C=O) groups is 3. The van der Waals surface area contributed by atoms with Crippen molar-refractivity contribution >= 4 is 73.4 Å². The van der Waals surface area contributed by atoms with Gasteiger partial charge in [-0.15, -0.1) is 22.9 Å². The van der Waals surface area contributed by atoms with Gasteiger partial charge in [0.05, 0.1) is 0 Å². The van der Waals surface area contributed by atoms with E-state index in [-0.39, 0.29) is 61.8 Å². The van der Waals surface area contributed by atoms with Crippen molar-refractivity contribution in [3.63, 3.8) is 0 Å². The summed E-state index contributed by atoms with van der Waals surface area (Å²) in [6.45, 7) is 0. The third kappa shape index (κ3) is 6.26. The number of halogens is 2. The molecule has 0 spiro atoms. The molecule has 0 aliphatic carbocycles. The zero-order chi connectivity index (χ0) is 24.3. The number of amides is 3. The first-order valence-corrected chi connectivity index (χ1v) is 12.0. The minimum atomic E-state index is -5.15. The van der Waals surface area contributed by atoms with Crippen LogP contribution in [-0.4, -0.2) is 64.7 Å². The van der Waals surface area contributed by atoms with Crippen molar-refractivity contribution < 1.29 is 61.7 Å². The molecule has 0 saturated carbocycles. The van der Waals surface area contributed by atoms with Crippen LogP contribution in [0.3, 0.4) is 0 Å². The quantitative estimate of drug-likeness (QED) is 0.0924. The number of anilines is 1. The van der Waals surface area contributed by atoms with Gasteiger partial charge in [0.15, 0.2) is 21.1 Å². The first kappa shape index (κ1) is 28.5. The van der Waals surface area contributed by atoms with Crippen LogP contribution in [0.15, 0.2) is 34.8 Å². The third-order valence-electron chi connectivity index (χ3n) is 4.30. The molecule has 1 aromatic carbocycles. The van der Waals surface area contributed by atoms with Gasteiger partial charge in [0.1, 0.15) is 30.8 Å². The Bertz CT molecular complexity index is 1220. The third-order valence-corrected chi connectivity index (χ3v) is 6.44. The van der Waals surface area contributed by atoms with E-state index in [9.17, 15) is 27.4 Å². The second kappa shape index (κ2) is 11.8. The van der Waals surface area contributed by atoms with E-state index in [0.29, 0.717) is 5.02 Å². The molecule has 17 heteroatoms. The molecule has 2 N–H and O–H groups in total. The summed E-state index contributed by atoms with van der Waals surface area (Å²) in [5, 5.41) is 10.2. The van der Waals surface area contributed by atoms with Crippen LogP contribution in [-0.2, 0) is 29.5 Å².